The van der Waals surface area contributed by atoms with Gasteiger partial charge >= 0.3 is 12.1 Å². The van der Waals surface area contributed by atoms with E-state index in [0.717, 1.165) is 29.2 Å². The summed E-state index contributed by atoms with van der Waals surface area (Å²) >= 11 is 0. The second-order valence-electron chi connectivity index (χ2n) is 7.71. The molecule has 0 unspecified atom stereocenters. The van der Waals surface area contributed by atoms with Gasteiger partial charge in [0.25, 0.3) is 5.91 Å². The first-order valence-electron chi connectivity index (χ1n) is 10.2. The Labute approximate surface area is 186 Å². The van der Waals surface area contributed by atoms with Gasteiger partial charge in [0.05, 0.1) is 17.7 Å². The second-order valence-corrected chi connectivity index (χ2v) is 7.71. The van der Waals surface area contributed by atoms with E-state index in [2.05, 4.69) is 0 Å². The summed E-state index contributed by atoms with van der Waals surface area (Å²) < 4.78 is 60.7. The van der Waals surface area contributed by atoms with Crippen LogP contribution in [0.2, 0.25) is 0 Å². The largest absolute Gasteiger partial charge is 0.481 e. The first kappa shape index (κ1) is 24.3. The number of carboxylic acids is 1. The molecular formula is C22H22F4N2O5. The molecule has 0 heterocycles. The van der Waals surface area contributed by atoms with Gasteiger partial charge in [0.2, 0.25) is 0 Å². The number of alkyl halides is 3. The van der Waals surface area contributed by atoms with Crippen molar-refractivity contribution < 1.29 is 42.2 Å². The van der Waals surface area contributed by atoms with Gasteiger partial charge in [0.15, 0.2) is 0 Å². The Morgan fingerprint density at radius 1 is 1.06 bits per heavy atom. The predicted octanol–water partition coefficient (Wildman–Crippen LogP) is 4.74. The van der Waals surface area contributed by atoms with Crippen molar-refractivity contribution in [3.63, 3.8) is 0 Å². The number of hydroxylamine groups is 1. The average molecular weight is 470 g/mol. The molecule has 0 bridgehead atoms. The van der Waals surface area contributed by atoms with Crippen LogP contribution in [0.4, 0.5) is 23.2 Å². The number of hydrogen-bond acceptors (Lipinski definition) is 5. The molecule has 3 N–H and O–H groups in total. The van der Waals surface area contributed by atoms with Crippen molar-refractivity contribution in [2.75, 3.05) is 11.4 Å². The first-order valence-corrected chi connectivity index (χ1v) is 10.2. The number of carbonyl (C=O) groups excluding carboxylic acids is 1. The maximum Gasteiger partial charge on any atom is 0.418 e. The quantitative estimate of drug-likeness (QED) is 0.293. The SMILES string of the molecule is O=C(O)CCN(c1ccc(Oc2ccc(F)cc2)cc1C(F)(F)F)C1(C(=O)NO)CCCC1. The first-order chi connectivity index (χ1) is 15.6. The van der Waals surface area contributed by atoms with Crippen LogP contribution >= 0.6 is 0 Å². The monoisotopic (exact) mass is 470 g/mol. The van der Waals surface area contributed by atoms with Crippen LogP contribution in [0, 0.1) is 5.82 Å². The molecular weight excluding hydrogens is 448 g/mol. The minimum atomic E-state index is -4.87. The van der Waals surface area contributed by atoms with Crippen LogP contribution in [-0.2, 0) is 15.8 Å². The highest BCUT2D eigenvalue weighted by atomic mass is 19.4. The number of rotatable bonds is 8. The standard InChI is InChI=1S/C22H22F4N2O5/c23-14-3-5-15(6-4-14)33-16-7-8-18(17(13-16)22(24,25)26)28(12-9-19(29)30)21(20(31)27-32)10-1-2-11-21/h3-8,13,32H,1-2,9-12H2,(H,27,31)(H,29,30). The van der Waals surface area contributed by atoms with E-state index in [1.165, 1.54) is 23.7 Å². The lowest BCUT2D eigenvalue weighted by atomic mass is 9.91. The molecule has 2 aromatic carbocycles. The lowest BCUT2D eigenvalue weighted by Crippen LogP contribution is -2.58. The Morgan fingerprint density at radius 2 is 1.67 bits per heavy atom. The van der Waals surface area contributed by atoms with Crippen molar-refractivity contribution in [2.45, 2.75) is 43.8 Å². The van der Waals surface area contributed by atoms with E-state index in [0.29, 0.717) is 12.8 Å². The molecule has 1 amide bonds. The van der Waals surface area contributed by atoms with Crippen LogP contribution in [0.25, 0.3) is 0 Å². The molecule has 0 aromatic heterocycles. The fraction of sp³-hybridized carbons (Fsp3) is 0.364. The number of carboxylic acid groups (broad SMARTS) is 1. The van der Waals surface area contributed by atoms with Gasteiger partial charge in [-0.3, -0.25) is 14.8 Å². The van der Waals surface area contributed by atoms with E-state index in [1.807, 2.05) is 0 Å². The summed E-state index contributed by atoms with van der Waals surface area (Å²) in [6.07, 6.45) is -4.07. The molecule has 178 valence electrons. The van der Waals surface area contributed by atoms with Crippen LogP contribution in [0.5, 0.6) is 11.5 Å². The molecule has 2 aromatic rings. The summed E-state index contributed by atoms with van der Waals surface area (Å²) in [6.45, 7) is -0.385. The lowest BCUT2D eigenvalue weighted by Gasteiger charge is -2.42. The zero-order valence-electron chi connectivity index (χ0n) is 17.4. The van der Waals surface area contributed by atoms with E-state index in [4.69, 9.17) is 9.84 Å². The average Bonchev–Trinajstić information content (AvgIpc) is 3.25. The van der Waals surface area contributed by atoms with Crippen molar-refractivity contribution in [3.05, 3.63) is 53.8 Å². The molecule has 0 saturated heterocycles. The van der Waals surface area contributed by atoms with Gasteiger partial charge < -0.3 is 14.7 Å². The zero-order valence-corrected chi connectivity index (χ0v) is 17.4. The smallest absolute Gasteiger partial charge is 0.418 e. The molecule has 1 fully saturated rings. The third-order valence-corrected chi connectivity index (χ3v) is 5.63. The summed E-state index contributed by atoms with van der Waals surface area (Å²) in [4.78, 5) is 24.9. The van der Waals surface area contributed by atoms with Crippen molar-refractivity contribution in [1.82, 2.24) is 5.48 Å². The van der Waals surface area contributed by atoms with Gasteiger partial charge in [-0.25, -0.2) is 9.87 Å². The number of nitrogens with one attached hydrogen (secondary N) is 1. The molecule has 0 radical (unpaired) electrons. The molecule has 1 saturated carbocycles. The topological polar surface area (TPSA) is 99.1 Å². The van der Waals surface area contributed by atoms with E-state index in [1.54, 1.807) is 0 Å². The molecule has 7 nitrogen and oxygen atoms in total. The number of hydrogen-bond donors (Lipinski definition) is 3. The minimum absolute atomic E-state index is 0.118. The number of benzene rings is 2. The van der Waals surface area contributed by atoms with Crippen LogP contribution in [0.3, 0.4) is 0 Å². The highest BCUT2D eigenvalue weighted by Gasteiger charge is 2.48. The Bertz CT molecular complexity index is 1000. The second kappa shape index (κ2) is 9.65. The van der Waals surface area contributed by atoms with E-state index >= 15 is 0 Å². The highest BCUT2D eigenvalue weighted by molar-refractivity contribution is 5.90. The van der Waals surface area contributed by atoms with Crippen molar-refractivity contribution in [2.24, 2.45) is 0 Å². The molecule has 1 aliphatic rings. The molecule has 1 aliphatic carbocycles. The van der Waals surface area contributed by atoms with Gasteiger partial charge in [0.1, 0.15) is 22.9 Å². The fourth-order valence-corrected chi connectivity index (χ4v) is 4.14. The van der Waals surface area contributed by atoms with E-state index < -0.39 is 47.1 Å². The van der Waals surface area contributed by atoms with Crippen LogP contribution in [-0.4, -0.2) is 34.3 Å². The van der Waals surface area contributed by atoms with Gasteiger partial charge in [-0.15, -0.1) is 0 Å². The highest BCUT2D eigenvalue weighted by Crippen LogP contribution is 2.45. The van der Waals surface area contributed by atoms with Crippen LogP contribution in [0.1, 0.15) is 37.7 Å². The number of anilines is 1. The third kappa shape index (κ3) is 5.36. The van der Waals surface area contributed by atoms with Crippen molar-refractivity contribution in [1.29, 1.82) is 0 Å². The Kier molecular flexibility index (Phi) is 7.11. The number of nitrogens with zero attached hydrogens (tertiary/aromatic N) is 1. The maximum absolute atomic E-state index is 14.1. The van der Waals surface area contributed by atoms with Crippen LogP contribution < -0.4 is 15.1 Å². The number of amides is 1. The molecule has 0 aliphatic heterocycles. The summed E-state index contributed by atoms with van der Waals surface area (Å²) in [6, 6.07) is 7.81. The normalized spacial score (nSPS) is 15.2. The summed E-state index contributed by atoms with van der Waals surface area (Å²) in [7, 11) is 0. The number of ether oxygens (including phenoxy) is 1. The lowest BCUT2D eigenvalue weighted by molar-refractivity contribution is -0.139. The fourth-order valence-electron chi connectivity index (χ4n) is 4.14. The molecule has 33 heavy (non-hydrogen) atoms. The summed E-state index contributed by atoms with van der Waals surface area (Å²) in [5.41, 5.74) is -1.55. The molecule has 0 atom stereocenters. The van der Waals surface area contributed by atoms with Gasteiger partial charge in [-0.1, -0.05) is 12.8 Å². The third-order valence-electron chi connectivity index (χ3n) is 5.63. The molecule has 11 heteroatoms. The van der Waals surface area contributed by atoms with Gasteiger partial charge in [-0.05, 0) is 55.3 Å². The molecule has 3 rings (SSSR count). The Hall–Kier alpha value is -3.34. The maximum atomic E-state index is 14.1. The van der Waals surface area contributed by atoms with Gasteiger partial charge in [-0.2, -0.15) is 13.2 Å². The number of halogens is 4. The van der Waals surface area contributed by atoms with E-state index in [9.17, 15) is 32.4 Å². The zero-order chi connectivity index (χ0) is 24.2. The number of carbonyl (C=O) groups is 2. The Balaban J connectivity index is 2.09. The predicted molar refractivity (Wildman–Crippen MR) is 109 cm³/mol. The Morgan fingerprint density at radius 3 is 2.21 bits per heavy atom. The van der Waals surface area contributed by atoms with E-state index in [-0.39, 0.29) is 30.9 Å². The minimum Gasteiger partial charge on any atom is -0.481 e. The van der Waals surface area contributed by atoms with Gasteiger partial charge in [0, 0.05) is 6.54 Å². The summed E-state index contributed by atoms with van der Waals surface area (Å²) in [5.74, 6) is -2.74. The number of aliphatic carboxylic acids is 1. The summed E-state index contributed by atoms with van der Waals surface area (Å²) in [5, 5.41) is 18.4. The van der Waals surface area contributed by atoms with Crippen molar-refractivity contribution in [3.8, 4) is 11.5 Å². The molecule has 0 spiro atoms. The van der Waals surface area contributed by atoms with Crippen LogP contribution in [0.15, 0.2) is 42.5 Å². The van der Waals surface area contributed by atoms with Crippen molar-refractivity contribution >= 4 is 17.6 Å².